The van der Waals surface area contributed by atoms with Gasteiger partial charge in [0.1, 0.15) is 5.75 Å². The van der Waals surface area contributed by atoms with Crippen LogP contribution in [-0.4, -0.2) is 19.7 Å². The molecule has 0 aliphatic heterocycles. The van der Waals surface area contributed by atoms with Gasteiger partial charge in [-0.25, -0.2) is 0 Å². The highest BCUT2D eigenvalue weighted by atomic mass is 16.5. The van der Waals surface area contributed by atoms with Gasteiger partial charge in [-0.2, -0.15) is 0 Å². The highest BCUT2D eigenvalue weighted by molar-refractivity contribution is 5.27. The Labute approximate surface area is 104 Å². The largest absolute Gasteiger partial charge is 0.494 e. The van der Waals surface area contributed by atoms with Gasteiger partial charge in [-0.3, -0.25) is 0 Å². The number of nitrogens with one attached hydrogen (secondary N) is 1. The van der Waals surface area contributed by atoms with Crippen molar-refractivity contribution in [3.63, 3.8) is 0 Å². The van der Waals surface area contributed by atoms with Gasteiger partial charge in [0.25, 0.3) is 0 Å². The van der Waals surface area contributed by atoms with Gasteiger partial charge >= 0.3 is 0 Å². The average Bonchev–Trinajstić information content (AvgIpc) is 2.37. The molecule has 1 aromatic rings. The number of benzene rings is 1. The maximum Gasteiger partial charge on any atom is 0.119 e. The van der Waals surface area contributed by atoms with E-state index in [-0.39, 0.29) is 0 Å². The molecule has 0 aliphatic carbocycles. The first-order valence-electron chi connectivity index (χ1n) is 6.49. The molecule has 0 bridgehead atoms. The summed E-state index contributed by atoms with van der Waals surface area (Å²) in [6.07, 6.45) is 3.60. The molecule has 0 radical (unpaired) electrons. The molecule has 0 amide bonds. The van der Waals surface area contributed by atoms with E-state index in [4.69, 9.17) is 10.5 Å². The van der Waals surface area contributed by atoms with E-state index in [9.17, 15) is 0 Å². The molecule has 0 fully saturated rings. The first-order chi connectivity index (χ1) is 8.36. The van der Waals surface area contributed by atoms with E-state index >= 15 is 0 Å². The normalized spacial score (nSPS) is 10.5. The van der Waals surface area contributed by atoms with E-state index in [1.165, 1.54) is 18.4 Å². The summed E-state index contributed by atoms with van der Waals surface area (Å²) in [6.45, 7) is 5.42. The van der Waals surface area contributed by atoms with Gasteiger partial charge in [0.2, 0.25) is 0 Å². The van der Waals surface area contributed by atoms with Crippen LogP contribution in [0.15, 0.2) is 24.3 Å². The molecule has 1 rings (SSSR count). The Hall–Kier alpha value is -1.06. The molecule has 17 heavy (non-hydrogen) atoms. The zero-order valence-corrected chi connectivity index (χ0v) is 10.7. The number of ether oxygens (including phenoxy) is 1. The Bertz CT molecular complexity index is 285. The molecule has 0 saturated carbocycles. The van der Waals surface area contributed by atoms with E-state index in [0.717, 1.165) is 31.9 Å². The lowest BCUT2D eigenvalue weighted by Gasteiger charge is -2.07. The summed E-state index contributed by atoms with van der Waals surface area (Å²) in [7, 11) is 0. The lowest BCUT2D eigenvalue weighted by Crippen LogP contribution is -2.21. The maximum atomic E-state index is 5.65. The molecular weight excluding hydrogens is 212 g/mol. The van der Waals surface area contributed by atoms with Crippen LogP contribution in [0.25, 0.3) is 0 Å². The summed E-state index contributed by atoms with van der Waals surface area (Å²) < 4.78 is 5.65. The fourth-order valence-electron chi connectivity index (χ4n) is 1.58. The van der Waals surface area contributed by atoms with Crippen molar-refractivity contribution < 1.29 is 4.74 Å². The van der Waals surface area contributed by atoms with E-state index in [0.29, 0.717) is 6.54 Å². The molecule has 0 aliphatic rings. The van der Waals surface area contributed by atoms with Gasteiger partial charge in [0.15, 0.2) is 0 Å². The van der Waals surface area contributed by atoms with Crippen molar-refractivity contribution in [1.29, 1.82) is 0 Å². The van der Waals surface area contributed by atoms with Crippen LogP contribution in [0.4, 0.5) is 0 Å². The Morgan fingerprint density at radius 1 is 1.18 bits per heavy atom. The molecule has 0 spiro atoms. The van der Waals surface area contributed by atoms with Gasteiger partial charge in [0, 0.05) is 19.6 Å². The average molecular weight is 236 g/mol. The van der Waals surface area contributed by atoms with Crippen LogP contribution in [0, 0.1) is 0 Å². The van der Waals surface area contributed by atoms with Crippen LogP contribution in [0.2, 0.25) is 0 Å². The molecule has 1 aromatic carbocycles. The van der Waals surface area contributed by atoms with Crippen molar-refractivity contribution in [3.8, 4) is 5.75 Å². The quantitative estimate of drug-likeness (QED) is 0.647. The van der Waals surface area contributed by atoms with E-state index < -0.39 is 0 Å². The maximum absolute atomic E-state index is 5.65. The Morgan fingerprint density at radius 3 is 2.59 bits per heavy atom. The fraction of sp³-hybridized carbons (Fsp3) is 0.571. The first kappa shape index (κ1) is 14.0. The molecule has 0 unspecified atom stereocenters. The van der Waals surface area contributed by atoms with Crippen molar-refractivity contribution in [3.05, 3.63) is 29.8 Å². The number of rotatable bonds is 9. The Balaban J connectivity index is 2.24. The first-order valence-corrected chi connectivity index (χ1v) is 6.49. The predicted octanol–water partition coefficient (Wildman–Crippen LogP) is 2.30. The smallest absolute Gasteiger partial charge is 0.119 e. The summed E-state index contributed by atoms with van der Waals surface area (Å²) in [4.78, 5) is 0. The molecular formula is C14H24N2O. The highest BCUT2D eigenvalue weighted by Gasteiger charge is 1.95. The summed E-state index contributed by atoms with van der Waals surface area (Å²) in [5.74, 6) is 0.962. The molecule has 3 N–H and O–H groups in total. The van der Waals surface area contributed by atoms with Crippen LogP contribution in [0.5, 0.6) is 5.75 Å². The third kappa shape index (κ3) is 6.29. The molecule has 0 heterocycles. The van der Waals surface area contributed by atoms with Gasteiger partial charge < -0.3 is 15.8 Å². The van der Waals surface area contributed by atoms with E-state index in [1.54, 1.807) is 0 Å². The molecule has 3 nitrogen and oxygen atoms in total. The van der Waals surface area contributed by atoms with Crippen molar-refractivity contribution in [2.24, 2.45) is 5.73 Å². The SMILES string of the molecule is CCCCCOc1ccc(CNCCN)cc1. The third-order valence-electron chi connectivity index (χ3n) is 2.59. The van der Waals surface area contributed by atoms with Crippen LogP contribution in [0.3, 0.4) is 0 Å². The minimum atomic E-state index is 0.679. The fourth-order valence-corrected chi connectivity index (χ4v) is 1.58. The summed E-state index contributed by atoms with van der Waals surface area (Å²) in [5, 5.41) is 3.26. The molecule has 0 aromatic heterocycles. The van der Waals surface area contributed by atoms with Gasteiger partial charge in [0.05, 0.1) is 6.61 Å². The topological polar surface area (TPSA) is 47.3 Å². The minimum Gasteiger partial charge on any atom is -0.494 e. The summed E-state index contributed by atoms with van der Waals surface area (Å²) >= 11 is 0. The predicted molar refractivity (Wildman–Crippen MR) is 72.2 cm³/mol. The third-order valence-corrected chi connectivity index (χ3v) is 2.59. The minimum absolute atomic E-state index is 0.679. The van der Waals surface area contributed by atoms with Crippen LogP contribution < -0.4 is 15.8 Å². The zero-order chi connectivity index (χ0) is 12.3. The van der Waals surface area contributed by atoms with Crippen LogP contribution in [0.1, 0.15) is 31.7 Å². The Kier molecular flexibility index (Phi) is 7.43. The number of hydrogen-bond donors (Lipinski definition) is 2. The second kappa shape index (κ2) is 9.02. The number of hydrogen-bond acceptors (Lipinski definition) is 3. The zero-order valence-electron chi connectivity index (χ0n) is 10.7. The monoisotopic (exact) mass is 236 g/mol. The molecule has 0 atom stereocenters. The van der Waals surface area contributed by atoms with Crippen LogP contribution in [-0.2, 0) is 6.54 Å². The van der Waals surface area contributed by atoms with Crippen molar-refractivity contribution >= 4 is 0 Å². The lowest BCUT2D eigenvalue weighted by atomic mass is 10.2. The van der Waals surface area contributed by atoms with Gasteiger partial charge in [-0.1, -0.05) is 31.9 Å². The number of nitrogens with two attached hydrogens (primary N) is 1. The van der Waals surface area contributed by atoms with Crippen molar-refractivity contribution in [1.82, 2.24) is 5.32 Å². The summed E-state index contributed by atoms with van der Waals surface area (Å²) in [5.41, 5.74) is 6.68. The standard InChI is InChI=1S/C14H24N2O/c1-2-3-4-11-17-14-7-5-13(6-8-14)12-16-10-9-15/h5-8,16H,2-4,9-12,15H2,1H3. The Morgan fingerprint density at radius 2 is 1.94 bits per heavy atom. The van der Waals surface area contributed by atoms with Crippen molar-refractivity contribution in [2.75, 3.05) is 19.7 Å². The second-order valence-corrected chi connectivity index (χ2v) is 4.16. The molecule has 0 saturated heterocycles. The van der Waals surface area contributed by atoms with E-state index in [2.05, 4.69) is 24.4 Å². The summed E-state index contributed by atoms with van der Waals surface area (Å²) in [6, 6.07) is 8.26. The van der Waals surface area contributed by atoms with Gasteiger partial charge in [-0.05, 0) is 24.1 Å². The highest BCUT2D eigenvalue weighted by Crippen LogP contribution is 2.12. The lowest BCUT2D eigenvalue weighted by molar-refractivity contribution is 0.306. The molecule has 96 valence electrons. The van der Waals surface area contributed by atoms with Crippen molar-refractivity contribution in [2.45, 2.75) is 32.7 Å². The number of unbranched alkanes of at least 4 members (excludes halogenated alkanes) is 2. The van der Waals surface area contributed by atoms with E-state index in [1.807, 2.05) is 12.1 Å². The van der Waals surface area contributed by atoms with Gasteiger partial charge in [-0.15, -0.1) is 0 Å². The van der Waals surface area contributed by atoms with Crippen LogP contribution >= 0.6 is 0 Å². The molecule has 3 heteroatoms. The second-order valence-electron chi connectivity index (χ2n) is 4.16.